The Hall–Kier alpha value is -2.62. The summed E-state index contributed by atoms with van der Waals surface area (Å²) in [6.45, 7) is 2.05. The number of carbonyl (C=O) groups is 2. The van der Waals surface area contributed by atoms with Crippen molar-refractivity contribution in [3.05, 3.63) is 59.7 Å². The molecule has 1 saturated heterocycles. The maximum Gasteiger partial charge on any atom is 0.322 e. The normalized spacial score (nSPS) is 17.8. The lowest BCUT2D eigenvalue weighted by Crippen LogP contribution is -2.22. The molecule has 1 atom stereocenters. The number of imide groups is 1. The van der Waals surface area contributed by atoms with Crippen LogP contribution >= 0.6 is 0 Å². The van der Waals surface area contributed by atoms with Crippen molar-refractivity contribution in [1.82, 2.24) is 10.6 Å². The molecule has 0 aromatic heterocycles. The summed E-state index contributed by atoms with van der Waals surface area (Å²) in [5, 5.41) is 4.82. The second-order valence-electron chi connectivity index (χ2n) is 4.89. The quantitative estimate of drug-likeness (QED) is 0.821. The van der Waals surface area contributed by atoms with Gasteiger partial charge in [-0.25, -0.2) is 4.79 Å². The highest BCUT2D eigenvalue weighted by molar-refractivity contribution is 6.04. The predicted molar refractivity (Wildman–Crippen MR) is 76.0 cm³/mol. The first kappa shape index (κ1) is 12.4. The van der Waals surface area contributed by atoms with Gasteiger partial charge in [-0.1, -0.05) is 54.1 Å². The van der Waals surface area contributed by atoms with Crippen LogP contribution in [0.4, 0.5) is 4.79 Å². The molecule has 1 unspecified atom stereocenters. The van der Waals surface area contributed by atoms with E-state index in [2.05, 4.69) is 29.7 Å². The van der Waals surface area contributed by atoms with E-state index < -0.39 is 12.1 Å². The van der Waals surface area contributed by atoms with Gasteiger partial charge in [0.1, 0.15) is 6.04 Å². The summed E-state index contributed by atoms with van der Waals surface area (Å²) < 4.78 is 0. The van der Waals surface area contributed by atoms with Crippen LogP contribution < -0.4 is 10.6 Å². The highest BCUT2D eigenvalue weighted by Gasteiger charge is 2.30. The van der Waals surface area contributed by atoms with Gasteiger partial charge in [0.25, 0.3) is 5.91 Å². The molecule has 0 bridgehead atoms. The van der Waals surface area contributed by atoms with Crippen molar-refractivity contribution >= 4 is 11.9 Å². The summed E-state index contributed by atoms with van der Waals surface area (Å²) in [5.41, 5.74) is 4.21. The minimum absolute atomic E-state index is 0.307. The van der Waals surface area contributed by atoms with Gasteiger partial charge >= 0.3 is 6.03 Å². The van der Waals surface area contributed by atoms with E-state index in [0.29, 0.717) is 0 Å². The predicted octanol–water partition coefficient (Wildman–Crippen LogP) is 2.54. The Balaban J connectivity index is 1.88. The largest absolute Gasteiger partial charge is 0.322 e. The third-order valence-electron chi connectivity index (χ3n) is 3.37. The van der Waals surface area contributed by atoms with E-state index in [-0.39, 0.29) is 5.91 Å². The van der Waals surface area contributed by atoms with Crippen LogP contribution in [0.15, 0.2) is 48.5 Å². The van der Waals surface area contributed by atoms with Crippen LogP contribution in [-0.4, -0.2) is 11.9 Å². The molecule has 100 valence electrons. The molecule has 0 spiro atoms. The van der Waals surface area contributed by atoms with Gasteiger partial charge in [-0.05, 0) is 23.6 Å². The lowest BCUT2D eigenvalue weighted by molar-refractivity contribution is -0.120. The zero-order valence-corrected chi connectivity index (χ0v) is 11.0. The number of nitrogens with one attached hydrogen (secondary N) is 2. The highest BCUT2D eigenvalue weighted by atomic mass is 16.2. The number of carbonyl (C=O) groups excluding carboxylic acids is 2. The molecule has 4 heteroatoms. The van der Waals surface area contributed by atoms with Crippen LogP contribution in [0.2, 0.25) is 0 Å². The summed E-state index contributed by atoms with van der Waals surface area (Å²) in [6.07, 6.45) is 0. The van der Waals surface area contributed by atoms with E-state index in [9.17, 15) is 9.59 Å². The Morgan fingerprint density at radius 3 is 2.30 bits per heavy atom. The van der Waals surface area contributed by atoms with Crippen LogP contribution in [0.25, 0.3) is 11.1 Å². The van der Waals surface area contributed by atoms with Gasteiger partial charge in [0.2, 0.25) is 0 Å². The first-order valence-corrected chi connectivity index (χ1v) is 6.42. The molecule has 0 radical (unpaired) electrons. The van der Waals surface area contributed by atoms with Crippen LogP contribution in [0.1, 0.15) is 17.2 Å². The van der Waals surface area contributed by atoms with Gasteiger partial charge < -0.3 is 5.32 Å². The third-order valence-corrected chi connectivity index (χ3v) is 3.37. The number of rotatable bonds is 2. The topological polar surface area (TPSA) is 58.2 Å². The average molecular weight is 266 g/mol. The maximum absolute atomic E-state index is 11.6. The van der Waals surface area contributed by atoms with Crippen molar-refractivity contribution in [2.75, 3.05) is 0 Å². The van der Waals surface area contributed by atoms with Gasteiger partial charge in [0, 0.05) is 0 Å². The number of amides is 3. The molecule has 1 fully saturated rings. The molecule has 2 aromatic carbocycles. The molecule has 0 aliphatic carbocycles. The lowest BCUT2D eigenvalue weighted by Gasteiger charge is -2.09. The molecule has 1 heterocycles. The average Bonchev–Trinajstić information content (AvgIpc) is 2.78. The second-order valence-corrected chi connectivity index (χ2v) is 4.89. The van der Waals surface area contributed by atoms with Crippen molar-refractivity contribution in [1.29, 1.82) is 0 Å². The van der Waals surface area contributed by atoms with E-state index >= 15 is 0 Å². The zero-order valence-electron chi connectivity index (χ0n) is 11.0. The fourth-order valence-electron chi connectivity index (χ4n) is 2.34. The molecule has 0 saturated carbocycles. The Kier molecular flexibility index (Phi) is 2.99. The molecule has 20 heavy (non-hydrogen) atoms. The molecule has 2 aromatic rings. The summed E-state index contributed by atoms with van der Waals surface area (Å²) in [4.78, 5) is 22.7. The fourth-order valence-corrected chi connectivity index (χ4v) is 2.34. The van der Waals surface area contributed by atoms with E-state index in [0.717, 1.165) is 16.7 Å². The summed E-state index contributed by atoms with van der Waals surface area (Å²) >= 11 is 0. The number of benzene rings is 2. The molecule has 4 nitrogen and oxygen atoms in total. The van der Waals surface area contributed by atoms with Crippen molar-refractivity contribution < 1.29 is 9.59 Å². The molecular weight excluding hydrogens is 252 g/mol. The summed E-state index contributed by atoms with van der Waals surface area (Å²) in [6, 6.07) is 14.9. The second kappa shape index (κ2) is 4.81. The summed E-state index contributed by atoms with van der Waals surface area (Å²) in [5.74, 6) is -0.307. The molecule has 2 N–H and O–H groups in total. The van der Waals surface area contributed by atoms with E-state index in [1.807, 2.05) is 36.4 Å². The minimum Gasteiger partial charge on any atom is -0.322 e. The third kappa shape index (κ3) is 2.28. The monoisotopic (exact) mass is 266 g/mol. The van der Waals surface area contributed by atoms with Gasteiger partial charge in [-0.3, -0.25) is 10.1 Å². The van der Waals surface area contributed by atoms with E-state index in [1.54, 1.807) is 0 Å². The van der Waals surface area contributed by atoms with Crippen molar-refractivity contribution in [3.8, 4) is 11.1 Å². The Bertz CT molecular complexity index is 677. The first-order chi connectivity index (χ1) is 9.63. The SMILES string of the molecule is Cc1cccc(-c2ccc(C3NC(=O)NC3=O)cc2)c1. The van der Waals surface area contributed by atoms with Gasteiger partial charge in [-0.15, -0.1) is 0 Å². The van der Waals surface area contributed by atoms with Crippen LogP contribution in [0, 0.1) is 6.92 Å². The fraction of sp³-hybridized carbons (Fsp3) is 0.125. The van der Waals surface area contributed by atoms with Gasteiger partial charge in [0.15, 0.2) is 0 Å². The first-order valence-electron chi connectivity index (χ1n) is 6.42. The van der Waals surface area contributed by atoms with Crippen LogP contribution in [0.3, 0.4) is 0 Å². The van der Waals surface area contributed by atoms with E-state index in [4.69, 9.17) is 0 Å². The number of aryl methyl sites for hydroxylation is 1. The van der Waals surface area contributed by atoms with Crippen molar-refractivity contribution in [2.24, 2.45) is 0 Å². The molecule has 3 rings (SSSR count). The molecular formula is C16H14N2O2. The molecule has 3 amide bonds. The Morgan fingerprint density at radius 2 is 1.70 bits per heavy atom. The molecule has 1 aliphatic heterocycles. The number of urea groups is 1. The Morgan fingerprint density at radius 1 is 0.950 bits per heavy atom. The van der Waals surface area contributed by atoms with Crippen molar-refractivity contribution in [3.63, 3.8) is 0 Å². The minimum atomic E-state index is -0.589. The molecule has 1 aliphatic rings. The maximum atomic E-state index is 11.6. The smallest absolute Gasteiger partial charge is 0.322 e. The zero-order chi connectivity index (χ0) is 14.1. The number of hydrogen-bond acceptors (Lipinski definition) is 2. The highest BCUT2D eigenvalue weighted by Crippen LogP contribution is 2.23. The van der Waals surface area contributed by atoms with Gasteiger partial charge in [-0.2, -0.15) is 0 Å². The van der Waals surface area contributed by atoms with Crippen LogP contribution in [0.5, 0.6) is 0 Å². The van der Waals surface area contributed by atoms with E-state index in [1.165, 1.54) is 5.56 Å². The van der Waals surface area contributed by atoms with Gasteiger partial charge in [0.05, 0.1) is 0 Å². The van der Waals surface area contributed by atoms with Crippen molar-refractivity contribution in [2.45, 2.75) is 13.0 Å². The lowest BCUT2D eigenvalue weighted by atomic mass is 10.00. The summed E-state index contributed by atoms with van der Waals surface area (Å²) in [7, 11) is 0. The number of hydrogen-bond donors (Lipinski definition) is 2. The standard InChI is InChI=1S/C16H14N2O2/c1-10-3-2-4-13(9-10)11-5-7-12(8-6-11)14-15(19)18-16(20)17-14/h2-9,14H,1H3,(H2,17,18,19,20). The van der Waals surface area contributed by atoms with Crippen LogP contribution in [-0.2, 0) is 4.79 Å². The Labute approximate surface area is 116 Å².